The Labute approximate surface area is 97.0 Å². The van der Waals surface area contributed by atoms with Crippen LogP contribution in [0.2, 0.25) is 0 Å². The third-order valence-electron chi connectivity index (χ3n) is 3.48. The van der Waals surface area contributed by atoms with Crippen LogP contribution < -0.4 is 5.32 Å². The number of aryl methyl sites for hydroxylation is 1. The Hall–Kier alpha value is -0.870. The Balaban J connectivity index is 1.75. The highest BCUT2D eigenvalue weighted by Gasteiger charge is 2.36. The number of aromatic nitrogens is 2. The van der Waals surface area contributed by atoms with Crippen LogP contribution in [0.25, 0.3) is 0 Å². The summed E-state index contributed by atoms with van der Waals surface area (Å²) in [5.41, 5.74) is 1.35. The van der Waals surface area contributed by atoms with Crippen molar-refractivity contribution in [2.24, 2.45) is 0 Å². The Kier molecular flexibility index (Phi) is 3.61. The van der Waals surface area contributed by atoms with Crippen molar-refractivity contribution >= 4 is 0 Å². The Morgan fingerprint density at radius 3 is 2.88 bits per heavy atom. The number of hydrogen-bond donors (Lipinski definition) is 1. The predicted molar refractivity (Wildman–Crippen MR) is 63.2 cm³/mol. The van der Waals surface area contributed by atoms with Gasteiger partial charge in [0.15, 0.2) is 0 Å². The molecule has 1 aromatic heterocycles. The smallest absolute Gasteiger partial charge is 0.0802 e. The summed E-state index contributed by atoms with van der Waals surface area (Å²) in [4.78, 5) is 0. The van der Waals surface area contributed by atoms with E-state index in [-0.39, 0.29) is 5.60 Å². The Morgan fingerprint density at radius 2 is 2.38 bits per heavy atom. The van der Waals surface area contributed by atoms with Gasteiger partial charge in [-0.2, -0.15) is 5.10 Å². The van der Waals surface area contributed by atoms with E-state index in [9.17, 15) is 0 Å². The second kappa shape index (κ2) is 4.97. The van der Waals surface area contributed by atoms with Crippen LogP contribution in [-0.2, 0) is 17.8 Å². The summed E-state index contributed by atoms with van der Waals surface area (Å²) in [6.45, 7) is 4.85. The monoisotopic (exact) mass is 223 g/mol. The summed E-state index contributed by atoms with van der Waals surface area (Å²) in [5, 5.41) is 7.70. The van der Waals surface area contributed by atoms with Crippen molar-refractivity contribution in [3.63, 3.8) is 0 Å². The molecule has 4 nitrogen and oxygen atoms in total. The molecule has 90 valence electrons. The van der Waals surface area contributed by atoms with E-state index in [0.29, 0.717) is 0 Å². The maximum atomic E-state index is 5.55. The molecular formula is C12H21N3O. The zero-order valence-electron chi connectivity index (χ0n) is 10.2. The van der Waals surface area contributed by atoms with Crippen LogP contribution >= 0.6 is 0 Å². The molecule has 0 saturated heterocycles. The zero-order valence-corrected chi connectivity index (χ0v) is 10.2. The average Bonchev–Trinajstić information content (AvgIpc) is 2.70. The van der Waals surface area contributed by atoms with Crippen LogP contribution in [-0.4, -0.2) is 29.0 Å². The van der Waals surface area contributed by atoms with E-state index >= 15 is 0 Å². The van der Waals surface area contributed by atoms with Gasteiger partial charge in [-0.1, -0.05) is 0 Å². The standard InChI is InChI=1S/C12H21N3O/c1-3-15-9-11(8-14-15)7-13-10-12(16-2)5-4-6-12/h8-9,13H,3-7,10H2,1-2H3. The van der Waals surface area contributed by atoms with Crippen molar-refractivity contribution in [1.29, 1.82) is 0 Å². The summed E-state index contributed by atoms with van der Waals surface area (Å²) in [5.74, 6) is 0. The molecule has 0 unspecified atom stereocenters. The SMILES string of the molecule is CCn1cc(CNCC2(OC)CCC2)cn1. The van der Waals surface area contributed by atoms with Crippen molar-refractivity contribution in [3.05, 3.63) is 18.0 Å². The van der Waals surface area contributed by atoms with E-state index in [1.165, 1.54) is 24.8 Å². The van der Waals surface area contributed by atoms with Crippen LogP contribution in [0.5, 0.6) is 0 Å². The number of nitrogens with zero attached hydrogens (tertiary/aromatic N) is 2. The molecule has 0 aromatic carbocycles. The first kappa shape index (κ1) is 11.6. The van der Waals surface area contributed by atoms with Gasteiger partial charge in [0.2, 0.25) is 0 Å². The van der Waals surface area contributed by atoms with Gasteiger partial charge in [-0.25, -0.2) is 0 Å². The van der Waals surface area contributed by atoms with Crippen molar-refractivity contribution in [1.82, 2.24) is 15.1 Å². The first-order chi connectivity index (χ1) is 7.78. The molecule has 1 heterocycles. The van der Waals surface area contributed by atoms with Crippen molar-refractivity contribution in [3.8, 4) is 0 Å². The maximum absolute atomic E-state index is 5.55. The van der Waals surface area contributed by atoms with Gasteiger partial charge in [0.05, 0.1) is 11.8 Å². The lowest BCUT2D eigenvalue weighted by atomic mass is 9.80. The average molecular weight is 223 g/mol. The lowest BCUT2D eigenvalue weighted by molar-refractivity contribution is -0.0695. The second-order valence-electron chi connectivity index (χ2n) is 4.55. The molecule has 0 atom stereocenters. The van der Waals surface area contributed by atoms with E-state index < -0.39 is 0 Å². The topological polar surface area (TPSA) is 39.1 Å². The minimum Gasteiger partial charge on any atom is -0.377 e. The molecule has 1 aliphatic carbocycles. The third-order valence-corrected chi connectivity index (χ3v) is 3.48. The number of methoxy groups -OCH3 is 1. The first-order valence-corrected chi connectivity index (χ1v) is 6.05. The van der Waals surface area contributed by atoms with E-state index in [2.05, 4.69) is 23.5 Å². The molecule has 0 radical (unpaired) electrons. The Morgan fingerprint density at radius 1 is 1.56 bits per heavy atom. The van der Waals surface area contributed by atoms with Gasteiger partial charge in [-0.15, -0.1) is 0 Å². The molecule has 0 spiro atoms. The van der Waals surface area contributed by atoms with Gasteiger partial charge < -0.3 is 10.1 Å². The molecular weight excluding hydrogens is 202 g/mol. The largest absolute Gasteiger partial charge is 0.377 e. The molecule has 16 heavy (non-hydrogen) atoms. The van der Waals surface area contributed by atoms with Crippen LogP contribution in [0.4, 0.5) is 0 Å². The highest BCUT2D eigenvalue weighted by atomic mass is 16.5. The molecule has 2 rings (SSSR count). The molecule has 0 aliphatic heterocycles. The van der Waals surface area contributed by atoms with Crippen LogP contribution in [0.1, 0.15) is 31.7 Å². The minimum atomic E-state index is 0.112. The Bertz CT molecular complexity index is 325. The number of rotatable bonds is 6. The molecule has 0 bridgehead atoms. The highest BCUT2D eigenvalue weighted by Crippen LogP contribution is 2.34. The molecule has 1 fully saturated rings. The third kappa shape index (κ3) is 2.44. The molecule has 1 aromatic rings. The first-order valence-electron chi connectivity index (χ1n) is 6.05. The molecule has 1 N–H and O–H groups in total. The molecule has 1 aliphatic rings. The van der Waals surface area contributed by atoms with Crippen molar-refractivity contribution in [2.45, 2.75) is 44.9 Å². The van der Waals surface area contributed by atoms with Crippen LogP contribution in [0.15, 0.2) is 12.4 Å². The fourth-order valence-corrected chi connectivity index (χ4v) is 2.13. The van der Waals surface area contributed by atoms with Crippen molar-refractivity contribution < 1.29 is 4.74 Å². The van der Waals surface area contributed by atoms with Crippen molar-refractivity contribution in [2.75, 3.05) is 13.7 Å². The molecule has 1 saturated carbocycles. The minimum absolute atomic E-state index is 0.112. The van der Waals surface area contributed by atoms with E-state index in [0.717, 1.165) is 19.6 Å². The normalized spacial score (nSPS) is 18.4. The summed E-state index contributed by atoms with van der Waals surface area (Å²) in [6.07, 6.45) is 7.68. The fraction of sp³-hybridized carbons (Fsp3) is 0.750. The zero-order chi connectivity index (χ0) is 11.4. The lowest BCUT2D eigenvalue weighted by Crippen LogP contribution is -2.47. The summed E-state index contributed by atoms with van der Waals surface area (Å²) in [7, 11) is 1.82. The van der Waals surface area contributed by atoms with Gasteiger partial charge in [0.25, 0.3) is 0 Å². The molecule has 4 heteroatoms. The van der Waals surface area contributed by atoms with E-state index in [1.54, 1.807) is 0 Å². The fourth-order valence-electron chi connectivity index (χ4n) is 2.13. The number of hydrogen-bond acceptors (Lipinski definition) is 3. The van der Waals surface area contributed by atoms with Crippen LogP contribution in [0.3, 0.4) is 0 Å². The van der Waals surface area contributed by atoms with E-state index in [1.807, 2.05) is 18.0 Å². The lowest BCUT2D eigenvalue weighted by Gasteiger charge is -2.40. The summed E-state index contributed by atoms with van der Waals surface area (Å²) >= 11 is 0. The number of nitrogens with one attached hydrogen (secondary N) is 1. The quantitative estimate of drug-likeness (QED) is 0.795. The molecule has 0 amide bonds. The predicted octanol–water partition coefficient (Wildman–Crippen LogP) is 1.56. The van der Waals surface area contributed by atoms with Gasteiger partial charge >= 0.3 is 0 Å². The van der Waals surface area contributed by atoms with Crippen LogP contribution in [0, 0.1) is 0 Å². The van der Waals surface area contributed by atoms with Gasteiger partial charge in [-0.05, 0) is 26.2 Å². The van der Waals surface area contributed by atoms with Gasteiger partial charge in [0, 0.05) is 38.5 Å². The maximum Gasteiger partial charge on any atom is 0.0802 e. The number of ether oxygens (including phenoxy) is 1. The summed E-state index contributed by atoms with van der Waals surface area (Å²) < 4.78 is 7.51. The summed E-state index contributed by atoms with van der Waals surface area (Å²) in [6, 6.07) is 0. The van der Waals surface area contributed by atoms with Gasteiger partial charge in [0.1, 0.15) is 0 Å². The van der Waals surface area contributed by atoms with E-state index in [4.69, 9.17) is 4.74 Å². The second-order valence-corrected chi connectivity index (χ2v) is 4.55. The van der Waals surface area contributed by atoms with Gasteiger partial charge in [-0.3, -0.25) is 4.68 Å². The highest BCUT2D eigenvalue weighted by molar-refractivity contribution is 5.03.